The highest BCUT2D eigenvalue weighted by atomic mass is 32.2. The number of nitrogens with one attached hydrogen (secondary N) is 1. The fourth-order valence-corrected chi connectivity index (χ4v) is 5.32. The van der Waals surface area contributed by atoms with E-state index in [4.69, 9.17) is 0 Å². The van der Waals surface area contributed by atoms with Crippen LogP contribution in [0.15, 0.2) is 83.8 Å². The van der Waals surface area contributed by atoms with E-state index < -0.39 is 15.9 Å². The highest BCUT2D eigenvalue weighted by molar-refractivity contribution is 7.92. The lowest BCUT2D eigenvalue weighted by atomic mass is 10.1. The molecular weight excluding hydrogens is 438 g/mol. The van der Waals surface area contributed by atoms with Crippen LogP contribution in [0.25, 0.3) is 0 Å². The highest BCUT2D eigenvalue weighted by Crippen LogP contribution is 2.31. The Morgan fingerprint density at radius 2 is 1.73 bits per heavy atom. The van der Waals surface area contributed by atoms with Gasteiger partial charge in [0.1, 0.15) is 6.54 Å². The average molecular weight is 464 g/mol. The van der Waals surface area contributed by atoms with Crippen LogP contribution in [0.2, 0.25) is 0 Å². The van der Waals surface area contributed by atoms with E-state index >= 15 is 0 Å². The van der Waals surface area contributed by atoms with Crippen molar-refractivity contribution < 1.29 is 18.0 Å². The zero-order chi connectivity index (χ0) is 23.4. The molecule has 170 valence electrons. The summed E-state index contributed by atoms with van der Waals surface area (Å²) in [5.74, 6) is -0.741. The van der Waals surface area contributed by atoms with Crippen molar-refractivity contribution in [3.05, 3.63) is 84.4 Å². The molecule has 7 nitrogen and oxygen atoms in total. The second kappa shape index (κ2) is 9.46. The van der Waals surface area contributed by atoms with Gasteiger partial charge in [-0.25, -0.2) is 8.42 Å². The van der Waals surface area contributed by atoms with Gasteiger partial charge < -0.3 is 5.32 Å². The molecule has 0 unspecified atom stereocenters. The molecule has 1 heterocycles. The van der Waals surface area contributed by atoms with E-state index in [-0.39, 0.29) is 22.9 Å². The van der Waals surface area contributed by atoms with E-state index in [1.807, 2.05) is 13.0 Å². The summed E-state index contributed by atoms with van der Waals surface area (Å²) in [6.45, 7) is 2.20. The van der Waals surface area contributed by atoms with Gasteiger partial charge in [-0.3, -0.25) is 18.8 Å². The number of benzene rings is 3. The molecule has 1 N–H and O–H groups in total. The fraction of sp³-hybridized carbons (Fsp3) is 0.200. The summed E-state index contributed by atoms with van der Waals surface area (Å²) < 4.78 is 28.5. The summed E-state index contributed by atoms with van der Waals surface area (Å²) in [6.07, 6.45) is 1.54. The van der Waals surface area contributed by atoms with Crippen LogP contribution in [0.1, 0.15) is 30.1 Å². The van der Waals surface area contributed by atoms with Gasteiger partial charge in [0.15, 0.2) is 0 Å². The number of carbonyl (C=O) groups excluding carboxylic acids is 2. The number of hydrogen-bond acceptors (Lipinski definition) is 4. The number of unbranched alkanes of at least 4 members (excludes halogenated alkanes) is 1. The van der Waals surface area contributed by atoms with Crippen molar-refractivity contribution in [2.45, 2.75) is 24.7 Å². The molecule has 0 saturated carbocycles. The quantitative estimate of drug-likeness (QED) is 0.567. The molecule has 8 heteroatoms. The summed E-state index contributed by atoms with van der Waals surface area (Å²) in [6, 6.07) is 21.9. The zero-order valence-corrected chi connectivity index (χ0v) is 19.1. The Hall–Kier alpha value is -3.65. The van der Waals surface area contributed by atoms with Crippen molar-refractivity contribution in [1.82, 2.24) is 0 Å². The van der Waals surface area contributed by atoms with Gasteiger partial charge in [0.25, 0.3) is 15.9 Å². The molecule has 33 heavy (non-hydrogen) atoms. The molecule has 3 aromatic carbocycles. The first-order valence-corrected chi connectivity index (χ1v) is 12.2. The zero-order valence-electron chi connectivity index (χ0n) is 18.3. The maximum atomic E-state index is 13.6. The molecule has 1 aliphatic rings. The van der Waals surface area contributed by atoms with Crippen molar-refractivity contribution in [3.8, 4) is 0 Å². The molecule has 3 aromatic rings. The topological polar surface area (TPSA) is 86.8 Å². The van der Waals surface area contributed by atoms with Crippen molar-refractivity contribution in [3.63, 3.8) is 0 Å². The number of para-hydroxylation sites is 3. The average Bonchev–Trinajstić information content (AvgIpc) is 2.84. The molecule has 0 radical (unpaired) electrons. The Balaban J connectivity index is 1.70. The molecule has 2 amide bonds. The SMILES string of the molecule is CCCCN(c1ccccc1)S(=O)(=O)c1cccc(C(=O)N2CC(=O)Nc3ccccc32)c1. The lowest BCUT2D eigenvalue weighted by Gasteiger charge is -2.29. The molecule has 0 spiro atoms. The number of rotatable bonds is 7. The van der Waals surface area contributed by atoms with Crippen molar-refractivity contribution >= 4 is 38.9 Å². The van der Waals surface area contributed by atoms with E-state index in [0.29, 0.717) is 30.0 Å². The molecule has 1 aliphatic heterocycles. The molecule has 0 saturated heterocycles. The Bertz CT molecular complexity index is 1280. The molecular formula is C25H25N3O4S. The van der Waals surface area contributed by atoms with Gasteiger partial charge in [0.05, 0.1) is 22.0 Å². The number of anilines is 3. The number of fused-ring (bicyclic) bond motifs is 1. The summed E-state index contributed by atoms with van der Waals surface area (Å²) in [7, 11) is -3.90. The van der Waals surface area contributed by atoms with Crippen LogP contribution in [0.3, 0.4) is 0 Å². The Labute approximate surface area is 193 Å². The van der Waals surface area contributed by atoms with E-state index in [1.165, 1.54) is 21.3 Å². The predicted molar refractivity (Wildman–Crippen MR) is 129 cm³/mol. The minimum absolute atomic E-state index is 0.0306. The smallest absolute Gasteiger partial charge is 0.264 e. The van der Waals surface area contributed by atoms with E-state index in [9.17, 15) is 18.0 Å². The maximum absolute atomic E-state index is 13.6. The van der Waals surface area contributed by atoms with Crippen LogP contribution in [0.4, 0.5) is 17.1 Å². The third kappa shape index (κ3) is 4.61. The lowest BCUT2D eigenvalue weighted by molar-refractivity contribution is -0.115. The van der Waals surface area contributed by atoms with Crippen LogP contribution in [0, 0.1) is 0 Å². The number of hydrogen-bond donors (Lipinski definition) is 1. The minimum Gasteiger partial charge on any atom is -0.323 e. The maximum Gasteiger partial charge on any atom is 0.264 e. The fourth-order valence-electron chi connectivity index (χ4n) is 3.77. The standard InChI is InChI=1S/C25H25N3O4S/c1-2-3-16-28(20-11-5-4-6-12-20)33(31,32)21-13-9-10-19(17-21)25(30)27-18-24(29)26-22-14-7-8-15-23(22)27/h4-15,17H,2-3,16,18H2,1H3,(H,26,29). The van der Waals surface area contributed by atoms with Crippen molar-refractivity contribution in [2.75, 3.05) is 27.6 Å². The summed E-state index contributed by atoms with van der Waals surface area (Å²) in [5, 5.41) is 2.75. The molecule has 0 atom stereocenters. The first kappa shape index (κ1) is 22.5. The second-order valence-corrected chi connectivity index (χ2v) is 9.61. The number of nitrogens with zero attached hydrogens (tertiary/aromatic N) is 2. The van der Waals surface area contributed by atoms with Crippen LogP contribution in [-0.2, 0) is 14.8 Å². The van der Waals surface area contributed by atoms with Crippen LogP contribution in [0.5, 0.6) is 0 Å². The molecule has 0 aromatic heterocycles. The molecule has 4 rings (SSSR count). The van der Waals surface area contributed by atoms with Crippen molar-refractivity contribution in [1.29, 1.82) is 0 Å². The van der Waals surface area contributed by atoms with Gasteiger partial charge in [-0.15, -0.1) is 0 Å². The van der Waals surface area contributed by atoms with Gasteiger partial charge >= 0.3 is 0 Å². The Kier molecular flexibility index (Phi) is 6.46. The van der Waals surface area contributed by atoms with Gasteiger partial charge in [-0.1, -0.05) is 49.7 Å². The largest absolute Gasteiger partial charge is 0.323 e. The summed E-state index contributed by atoms with van der Waals surface area (Å²) in [5.41, 5.74) is 1.89. The monoisotopic (exact) mass is 463 g/mol. The Morgan fingerprint density at radius 3 is 2.48 bits per heavy atom. The number of carbonyl (C=O) groups is 2. The molecule has 0 bridgehead atoms. The molecule has 0 fully saturated rings. The number of sulfonamides is 1. The third-order valence-electron chi connectivity index (χ3n) is 5.44. The predicted octanol–water partition coefficient (Wildman–Crippen LogP) is 4.28. The first-order valence-electron chi connectivity index (χ1n) is 10.8. The summed E-state index contributed by atoms with van der Waals surface area (Å²) in [4.78, 5) is 26.9. The van der Waals surface area contributed by atoms with Crippen LogP contribution in [-0.4, -0.2) is 33.3 Å². The number of amides is 2. The van der Waals surface area contributed by atoms with Gasteiger partial charge in [0.2, 0.25) is 5.91 Å². The van der Waals surface area contributed by atoms with E-state index in [1.54, 1.807) is 60.7 Å². The van der Waals surface area contributed by atoms with E-state index in [2.05, 4.69) is 5.32 Å². The van der Waals surface area contributed by atoms with Gasteiger partial charge in [-0.05, 0) is 48.9 Å². The van der Waals surface area contributed by atoms with E-state index in [0.717, 1.165) is 6.42 Å². The second-order valence-electron chi connectivity index (χ2n) is 7.75. The van der Waals surface area contributed by atoms with Crippen molar-refractivity contribution in [2.24, 2.45) is 0 Å². The van der Waals surface area contributed by atoms with Crippen LogP contribution >= 0.6 is 0 Å². The van der Waals surface area contributed by atoms with Gasteiger partial charge in [0, 0.05) is 12.1 Å². The first-order chi connectivity index (χ1) is 15.9. The van der Waals surface area contributed by atoms with Gasteiger partial charge in [-0.2, -0.15) is 0 Å². The third-order valence-corrected chi connectivity index (χ3v) is 7.27. The molecule has 0 aliphatic carbocycles. The van der Waals surface area contributed by atoms with Crippen LogP contribution < -0.4 is 14.5 Å². The summed E-state index contributed by atoms with van der Waals surface area (Å²) >= 11 is 0. The highest BCUT2D eigenvalue weighted by Gasteiger charge is 2.29. The minimum atomic E-state index is -3.90. The lowest BCUT2D eigenvalue weighted by Crippen LogP contribution is -2.42. The normalized spacial score (nSPS) is 13.2. The Morgan fingerprint density at radius 1 is 1.00 bits per heavy atom.